The maximum atomic E-state index is 5.63. The Hall–Kier alpha value is -0.860. The molecule has 2 heteroatoms. The molecule has 1 fully saturated rings. The highest BCUT2D eigenvalue weighted by atomic mass is 16.6. The number of ether oxygens (including phenoxy) is 2. The van der Waals surface area contributed by atoms with E-state index in [4.69, 9.17) is 9.47 Å². The van der Waals surface area contributed by atoms with Gasteiger partial charge in [-0.3, -0.25) is 0 Å². The van der Waals surface area contributed by atoms with Crippen molar-refractivity contribution >= 4 is 0 Å². The highest BCUT2D eigenvalue weighted by Crippen LogP contribution is 2.17. The molecule has 0 saturated carbocycles. The molecule has 1 aromatic carbocycles. The van der Waals surface area contributed by atoms with Gasteiger partial charge >= 0.3 is 0 Å². The highest BCUT2D eigenvalue weighted by molar-refractivity contribution is 5.13. The van der Waals surface area contributed by atoms with Gasteiger partial charge in [-0.05, 0) is 12.5 Å². The molecule has 2 nitrogen and oxygen atoms in total. The second kappa shape index (κ2) is 3.90. The van der Waals surface area contributed by atoms with Crippen LogP contribution in [0.5, 0.6) is 0 Å². The van der Waals surface area contributed by atoms with Crippen LogP contribution in [0.15, 0.2) is 30.3 Å². The Balaban J connectivity index is 1.78. The van der Waals surface area contributed by atoms with Crippen molar-refractivity contribution in [2.24, 2.45) is 0 Å². The van der Waals surface area contributed by atoms with Crippen molar-refractivity contribution in [1.82, 2.24) is 0 Å². The Morgan fingerprint density at radius 1 is 1.46 bits per heavy atom. The third kappa shape index (κ3) is 2.54. The Morgan fingerprint density at radius 2 is 2.15 bits per heavy atom. The van der Waals surface area contributed by atoms with E-state index in [9.17, 15) is 0 Å². The van der Waals surface area contributed by atoms with Gasteiger partial charge in [-0.15, -0.1) is 0 Å². The molecule has 2 rings (SSSR count). The van der Waals surface area contributed by atoms with E-state index in [1.165, 1.54) is 5.56 Å². The molecule has 0 amide bonds. The summed E-state index contributed by atoms with van der Waals surface area (Å²) in [5, 5.41) is 0. The number of benzene rings is 1. The van der Waals surface area contributed by atoms with Crippen LogP contribution in [0.2, 0.25) is 0 Å². The molecular weight excluding hydrogens is 164 g/mol. The van der Waals surface area contributed by atoms with Gasteiger partial charge in [-0.2, -0.15) is 0 Å². The van der Waals surface area contributed by atoms with Crippen LogP contribution >= 0.6 is 0 Å². The topological polar surface area (TPSA) is 21.8 Å². The number of epoxide rings is 1. The minimum atomic E-state index is 0.222. The molecule has 0 aliphatic carbocycles. The number of rotatable bonds is 4. The quantitative estimate of drug-likeness (QED) is 0.658. The lowest BCUT2D eigenvalue weighted by Crippen LogP contribution is -2.14. The fraction of sp³-hybridized carbons (Fsp3) is 0.455. The summed E-state index contributed by atoms with van der Waals surface area (Å²) in [4.78, 5) is 0. The van der Waals surface area contributed by atoms with E-state index in [1.807, 2.05) is 18.2 Å². The van der Waals surface area contributed by atoms with Crippen molar-refractivity contribution in [3.63, 3.8) is 0 Å². The van der Waals surface area contributed by atoms with Crippen LogP contribution < -0.4 is 0 Å². The van der Waals surface area contributed by atoms with Crippen molar-refractivity contribution in [2.45, 2.75) is 25.7 Å². The lowest BCUT2D eigenvalue weighted by Gasteiger charge is -2.09. The first-order chi connectivity index (χ1) is 6.36. The summed E-state index contributed by atoms with van der Waals surface area (Å²) in [5.41, 5.74) is 1.22. The summed E-state index contributed by atoms with van der Waals surface area (Å²) in [5.74, 6) is 0. The zero-order chi connectivity index (χ0) is 9.10. The maximum Gasteiger partial charge on any atom is 0.107 e. The molecule has 2 atom stereocenters. The Kier molecular flexibility index (Phi) is 2.62. The van der Waals surface area contributed by atoms with E-state index in [2.05, 4.69) is 19.1 Å². The average Bonchev–Trinajstić information content (AvgIpc) is 2.99. The van der Waals surface area contributed by atoms with Crippen molar-refractivity contribution in [1.29, 1.82) is 0 Å². The molecule has 1 aliphatic rings. The standard InChI is InChI=1S/C11H14O2/c1-9(11-8-13-11)12-7-10-5-3-2-4-6-10/h2-6,9,11H,7-8H2,1H3/t9-,11-/m0/s1. The van der Waals surface area contributed by atoms with Crippen LogP contribution in [0.4, 0.5) is 0 Å². The molecule has 0 radical (unpaired) electrons. The van der Waals surface area contributed by atoms with E-state index >= 15 is 0 Å². The molecule has 1 aliphatic heterocycles. The molecule has 13 heavy (non-hydrogen) atoms. The zero-order valence-electron chi connectivity index (χ0n) is 7.77. The SMILES string of the molecule is C[C@H](OCc1ccccc1)[C@@H]1CO1. The minimum absolute atomic E-state index is 0.222. The second-order valence-corrected chi connectivity index (χ2v) is 3.37. The zero-order valence-corrected chi connectivity index (χ0v) is 7.77. The van der Waals surface area contributed by atoms with Gasteiger partial charge in [-0.25, -0.2) is 0 Å². The molecule has 1 aromatic rings. The summed E-state index contributed by atoms with van der Waals surface area (Å²) < 4.78 is 10.8. The molecule has 0 bridgehead atoms. The molecule has 1 saturated heterocycles. The smallest absolute Gasteiger partial charge is 0.107 e. The Morgan fingerprint density at radius 3 is 2.77 bits per heavy atom. The van der Waals surface area contributed by atoms with Gasteiger partial charge in [0.1, 0.15) is 6.10 Å². The van der Waals surface area contributed by atoms with Gasteiger partial charge in [0.15, 0.2) is 0 Å². The molecule has 0 aromatic heterocycles. The maximum absolute atomic E-state index is 5.63. The van der Waals surface area contributed by atoms with Crippen LogP contribution in [-0.2, 0) is 16.1 Å². The van der Waals surface area contributed by atoms with Gasteiger partial charge in [0.05, 0.1) is 19.3 Å². The summed E-state index contributed by atoms with van der Waals surface area (Å²) in [6, 6.07) is 10.2. The van der Waals surface area contributed by atoms with Crippen LogP contribution in [0.25, 0.3) is 0 Å². The summed E-state index contributed by atoms with van der Waals surface area (Å²) in [6.07, 6.45) is 0.559. The first-order valence-corrected chi connectivity index (χ1v) is 4.63. The molecule has 1 heterocycles. The largest absolute Gasteiger partial charge is 0.371 e. The summed E-state index contributed by atoms with van der Waals surface area (Å²) in [6.45, 7) is 3.60. The van der Waals surface area contributed by atoms with E-state index in [0.29, 0.717) is 12.7 Å². The van der Waals surface area contributed by atoms with Crippen LogP contribution in [0, 0.1) is 0 Å². The van der Waals surface area contributed by atoms with Crippen LogP contribution in [0.1, 0.15) is 12.5 Å². The molecule has 0 unspecified atom stereocenters. The van der Waals surface area contributed by atoms with E-state index < -0.39 is 0 Å². The third-order valence-corrected chi connectivity index (χ3v) is 2.24. The molecule has 0 spiro atoms. The van der Waals surface area contributed by atoms with Crippen molar-refractivity contribution in [3.05, 3.63) is 35.9 Å². The predicted octanol–water partition coefficient (Wildman–Crippen LogP) is 1.99. The highest BCUT2D eigenvalue weighted by Gasteiger charge is 2.29. The van der Waals surface area contributed by atoms with E-state index in [0.717, 1.165) is 6.61 Å². The Labute approximate surface area is 78.5 Å². The normalized spacial score (nSPS) is 22.7. The number of hydrogen-bond acceptors (Lipinski definition) is 2. The monoisotopic (exact) mass is 178 g/mol. The molecule has 0 N–H and O–H groups in total. The summed E-state index contributed by atoms with van der Waals surface area (Å²) >= 11 is 0. The molecular formula is C11H14O2. The van der Waals surface area contributed by atoms with Gasteiger partial charge in [0.25, 0.3) is 0 Å². The first-order valence-electron chi connectivity index (χ1n) is 4.63. The molecule has 70 valence electrons. The fourth-order valence-corrected chi connectivity index (χ4v) is 1.24. The average molecular weight is 178 g/mol. The first kappa shape index (κ1) is 8.73. The van der Waals surface area contributed by atoms with Crippen molar-refractivity contribution in [2.75, 3.05) is 6.61 Å². The van der Waals surface area contributed by atoms with Crippen molar-refractivity contribution < 1.29 is 9.47 Å². The Bertz CT molecular complexity index is 254. The predicted molar refractivity (Wildman–Crippen MR) is 50.4 cm³/mol. The lowest BCUT2D eigenvalue weighted by molar-refractivity contribution is 0.0340. The third-order valence-electron chi connectivity index (χ3n) is 2.24. The second-order valence-electron chi connectivity index (χ2n) is 3.37. The van der Waals surface area contributed by atoms with Gasteiger partial charge in [0, 0.05) is 0 Å². The van der Waals surface area contributed by atoms with Crippen LogP contribution in [-0.4, -0.2) is 18.8 Å². The van der Waals surface area contributed by atoms with Crippen LogP contribution in [0.3, 0.4) is 0 Å². The van der Waals surface area contributed by atoms with E-state index in [-0.39, 0.29) is 6.10 Å². The number of hydrogen-bond donors (Lipinski definition) is 0. The minimum Gasteiger partial charge on any atom is -0.371 e. The summed E-state index contributed by atoms with van der Waals surface area (Å²) in [7, 11) is 0. The van der Waals surface area contributed by atoms with E-state index in [1.54, 1.807) is 0 Å². The van der Waals surface area contributed by atoms with Gasteiger partial charge in [0.2, 0.25) is 0 Å². The fourth-order valence-electron chi connectivity index (χ4n) is 1.24. The van der Waals surface area contributed by atoms with Gasteiger partial charge < -0.3 is 9.47 Å². The lowest BCUT2D eigenvalue weighted by atomic mass is 10.2. The van der Waals surface area contributed by atoms with Crippen molar-refractivity contribution in [3.8, 4) is 0 Å². The van der Waals surface area contributed by atoms with Gasteiger partial charge in [-0.1, -0.05) is 30.3 Å².